The number of methoxy groups -OCH3 is 1. The third kappa shape index (κ3) is 6.52. The third-order valence-electron chi connectivity index (χ3n) is 1.94. The fourth-order valence-electron chi connectivity index (χ4n) is 0.950. The molecule has 0 atom stereocenters. The first-order chi connectivity index (χ1) is 8.40. The summed E-state index contributed by atoms with van der Waals surface area (Å²) in [4.78, 5) is 21.7. The molecule has 0 amide bonds. The highest BCUT2D eigenvalue weighted by Crippen LogP contribution is 2.13. The number of ether oxygens (including phenoxy) is 3. The maximum atomic E-state index is 10.9. The van der Waals surface area contributed by atoms with Crippen LogP contribution in [-0.4, -0.2) is 25.7 Å². The fourth-order valence-corrected chi connectivity index (χ4v) is 0.950. The second kappa shape index (κ2) is 8.11. The summed E-state index contributed by atoms with van der Waals surface area (Å²) in [6.45, 7) is 8.23. The highest BCUT2D eigenvalue weighted by Gasteiger charge is 2.05. The van der Waals surface area contributed by atoms with Crippen molar-refractivity contribution < 1.29 is 23.8 Å². The Hall–Kier alpha value is -2.04. The second-order valence-electron chi connectivity index (χ2n) is 3.40. The Kier molecular flexibility index (Phi) is 7.19. The largest absolute Gasteiger partial charge is 0.482 e. The van der Waals surface area contributed by atoms with E-state index in [0.29, 0.717) is 17.1 Å². The molecule has 0 aliphatic heterocycles. The first kappa shape index (κ1) is 16.0. The summed E-state index contributed by atoms with van der Waals surface area (Å²) in [7, 11) is 1.27. The summed E-state index contributed by atoms with van der Waals surface area (Å²) < 4.78 is 14.5. The van der Waals surface area contributed by atoms with Crippen LogP contribution in [0.1, 0.15) is 20.8 Å². The van der Waals surface area contributed by atoms with Crippen LogP contribution >= 0.6 is 0 Å². The van der Waals surface area contributed by atoms with Gasteiger partial charge < -0.3 is 14.2 Å². The van der Waals surface area contributed by atoms with Crippen LogP contribution in [0.5, 0.6) is 0 Å². The van der Waals surface area contributed by atoms with Crippen LogP contribution < -0.4 is 0 Å². The Labute approximate surface area is 107 Å². The number of allylic oxidation sites excluding steroid dienone is 3. The number of carbonyl (C=O) groups is 2. The molecule has 0 aromatic carbocycles. The molecule has 5 nitrogen and oxygen atoms in total. The maximum absolute atomic E-state index is 10.9. The molecule has 0 N–H and O–H groups in total. The van der Waals surface area contributed by atoms with Crippen LogP contribution in [0.25, 0.3) is 0 Å². The summed E-state index contributed by atoms with van der Waals surface area (Å²) in [6, 6.07) is 0. The topological polar surface area (TPSA) is 61.8 Å². The third-order valence-corrected chi connectivity index (χ3v) is 1.94. The van der Waals surface area contributed by atoms with E-state index in [0.717, 1.165) is 0 Å². The minimum atomic E-state index is -0.491. The molecule has 0 fully saturated rings. The molecule has 0 saturated carbocycles. The lowest BCUT2D eigenvalue weighted by Gasteiger charge is -2.09. The second-order valence-corrected chi connectivity index (χ2v) is 3.40. The van der Waals surface area contributed by atoms with Gasteiger partial charge in [-0.05, 0) is 31.6 Å². The van der Waals surface area contributed by atoms with Gasteiger partial charge in [0.1, 0.15) is 11.5 Å². The van der Waals surface area contributed by atoms with Crippen LogP contribution in [0.2, 0.25) is 0 Å². The summed E-state index contributed by atoms with van der Waals surface area (Å²) in [5.41, 5.74) is 0.647. The summed E-state index contributed by atoms with van der Waals surface area (Å²) in [5.74, 6) is -0.196. The minimum absolute atomic E-state index is 0.209. The van der Waals surface area contributed by atoms with Gasteiger partial charge in [-0.15, -0.1) is 0 Å². The zero-order chi connectivity index (χ0) is 14.1. The van der Waals surface area contributed by atoms with Crippen molar-refractivity contribution in [3.8, 4) is 0 Å². The van der Waals surface area contributed by atoms with E-state index in [2.05, 4.69) is 11.3 Å². The molecule has 18 heavy (non-hydrogen) atoms. The quantitative estimate of drug-likeness (QED) is 0.412. The molecule has 5 heteroatoms. The average molecular weight is 254 g/mol. The molecule has 0 spiro atoms. The average Bonchev–Trinajstić information content (AvgIpc) is 2.33. The Morgan fingerprint density at radius 2 is 1.89 bits per heavy atom. The fraction of sp³-hybridized carbons (Fsp3) is 0.385. The highest BCUT2D eigenvalue weighted by atomic mass is 16.6. The molecule has 0 aromatic rings. The van der Waals surface area contributed by atoms with Gasteiger partial charge in [-0.2, -0.15) is 0 Å². The van der Waals surface area contributed by atoms with E-state index >= 15 is 0 Å². The van der Waals surface area contributed by atoms with E-state index in [1.165, 1.54) is 14.0 Å². The lowest BCUT2D eigenvalue weighted by atomic mass is 10.2. The van der Waals surface area contributed by atoms with E-state index in [9.17, 15) is 9.59 Å². The first-order valence-electron chi connectivity index (χ1n) is 5.32. The zero-order valence-corrected chi connectivity index (χ0v) is 11.1. The predicted molar refractivity (Wildman–Crippen MR) is 66.4 cm³/mol. The van der Waals surface area contributed by atoms with Gasteiger partial charge in [0.25, 0.3) is 0 Å². The zero-order valence-electron chi connectivity index (χ0n) is 11.1. The Bertz CT molecular complexity index is 390. The summed E-state index contributed by atoms with van der Waals surface area (Å²) >= 11 is 0. The van der Waals surface area contributed by atoms with Crippen molar-refractivity contribution in [2.75, 3.05) is 13.7 Å². The Balaban J connectivity index is 4.52. The molecule has 100 valence electrons. The van der Waals surface area contributed by atoms with E-state index in [4.69, 9.17) is 9.47 Å². The van der Waals surface area contributed by atoms with Gasteiger partial charge >= 0.3 is 11.9 Å². The van der Waals surface area contributed by atoms with E-state index in [-0.39, 0.29) is 6.61 Å². The normalized spacial score (nSPS) is 11.8. The number of hydrogen-bond acceptors (Lipinski definition) is 5. The number of esters is 2. The lowest BCUT2D eigenvalue weighted by Crippen LogP contribution is -2.10. The smallest absolute Gasteiger partial charge is 0.343 e. The van der Waals surface area contributed by atoms with Crippen LogP contribution in [0.3, 0.4) is 0 Å². The SMILES string of the molecule is C=C(OCC(=O)OC)/C(C)=C\C(=C/C)OC(C)=O. The number of rotatable bonds is 6. The summed E-state index contributed by atoms with van der Waals surface area (Å²) in [5, 5.41) is 0. The van der Waals surface area contributed by atoms with E-state index < -0.39 is 11.9 Å². The molecule has 0 aromatic heterocycles. The van der Waals surface area contributed by atoms with Gasteiger partial charge in [-0.3, -0.25) is 4.79 Å². The highest BCUT2D eigenvalue weighted by molar-refractivity contribution is 5.70. The predicted octanol–water partition coefficient (Wildman–Crippen LogP) is 2.10. The molecular weight excluding hydrogens is 236 g/mol. The van der Waals surface area contributed by atoms with Crippen LogP contribution in [-0.2, 0) is 23.8 Å². The molecule has 0 unspecified atom stereocenters. The standard InChI is InChI=1S/C13H18O5/c1-6-12(18-11(4)14)7-9(2)10(3)17-8-13(15)16-5/h6-7H,3,8H2,1-2,4-5H3/b9-7-,12-6+. The molecule has 0 radical (unpaired) electrons. The minimum Gasteiger partial charge on any atom is -0.482 e. The molecule has 0 heterocycles. The molecule has 0 saturated heterocycles. The first-order valence-corrected chi connectivity index (χ1v) is 5.32. The maximum Gasteiger partial charge on any atom is 0.343 e. The Morgan fingerprint density at radius 1 is 1.28 bits per heavy atom. The molecular formula is C13H18O5. The van der Waals surface area contributed by atoms with E-state index in [1.807, 2.05) is 0 Å². The van der Waals surface area contributed by atoms with Gasteiger partial charge in [0, 0.05) is 6.92 Å². The van der Waals surface area contributed by atoms with Gasteiger partial charge in [0.2, 0.25) is 0 Å². The monoisotopic (exact) mass is 254 g/mol. The Morgan fingerprint density at radius 3 is 2.33 bits per heavy atom. The molecule has 0 aliphatic carbocycles. The van der Waals surface area contributed by atoms with Crippen molar-refractivity contribution in [3.63, 3.8) is 0 Å². The van der Waals surface area contributed by atoms with Crippen LogP contribution in [0, 0.1) is 0 Å². The molecule has 0 bridgehead atoms. The summed E-state index contributed by atoms with van der Waals surface area (Å²) in [6.07, 6.45) is 3.24. The van der Waals surface area contributed by atoms with Gasteiger partial charge in [0.15, 0.2) is 6.61 Å². The van der Waals surface area contributed by atoms with Crippen LogP contribution in [0.4, 0.5) is 0 Å². The van der Waals surface area contributed by atoms with Gasteiger partial charge in [-0.25, -0.2) is 4.79 Å². The van der Waals surface area contributed by atoms with Crippen molar-refractivity contribution in [3.05, 3.63) is 35.8 Å². The van der Waals surface area contributed by atoms with Crippen molar-refractivity contribution in [2.45, 2.75) is 20.8 Å². The van der Waals surface area contributed by atoms with Crippen molar-refractivity contribution in [1.82, 2.24) is 0 Å². The van der Waals surface area contributed by atoms with Crippen molar-refractivity contribution >= 4 is 11.9 Å². The van der Waals surface area contributed by atoms with E-state index in [1.54, 1.807) is 26.0 Å². The van der Waals surface area contributed by atoms with Gasteiger partial charge in [-0.1, -0.05) is 6.58 Å². The molecule has 0 rings (SSSR count). The van der Waals surface area contributed by atoms with Crippen molar-refractivity contribution in [2.24, 2.45) is 0 Å². The van der Waals surface area contributed by atoms with Crippen LogP contribution in [0.15, 0.2) is 35.8 Å². The van der Waals surface area contributed by atoms with Gasteiger partial charge in [0.05, 0.1) is 7.11 Å². The number of hydrogen-bond donors (Lipinski definition) is 0. The lowest BCUT2D eigenvalue weighted by molar-refractivity contribution is -0.144. The number of carbonyl (C=O) groups excluding carboxylic acids is 2. The van der Waals surface area contributed by atoms with Crippen molar-refractivity contribution in [1.29, 1.82) is 0 Å². The molecule has 0 aliphatic rings.